The second kappa shape index (κ2) is 5.38. The zero-order valence-corrected chi connectivity index (χ0v) is 11.4. The van der Waals surface area contributed by atoms with Crippen molar-refractivity contribution in [3.8, 4) is 0 Å². The van der Waals surface area contributed by atoms with Crippen LogP contribution in [0.5, 0.6) is 0 Å². The zero-order valence-electron chi connectivity index (χ0n) is 11.4. The Morgan fingerprint density at radius 2 is 1.88 bits per heavy atom. The highest BCUT2D eigenvalue weighted by Gasteiger charge is 2.34. The lowest BCUT2D eigenvalue weighted by molar-refractivity contribution is -0.135. The molecule has 2 unspecified atom stereocenters. The van der Waals surface area contributed by atoms with Gasteiger partial charge in [-0.2, -0.15) is 0 Å². The fourth-order valence-electron chi connectivity index (χ4n) is 3.15. The maximum atomic E-state index is 12.4. The molecule has 2 aliphatic rings. The first-order valence-corrected chi connectivity index (χ1v) is 7.11. The van der Waals surface area contributed by atoms with Gasteiger partial charge in [-0.15, -0.1) is 0 Å². The molecule has 2 aliphatic heterocycles. The van der Waals surface area contributed by atoms with Crippen LogP contribution in [0.4, 0.5) is 0 Å². The van der Waals surface area contributed by atoms with Crippen molar-refractivity contribution in [3.63, 3.8) is 0 Å². The lowest BCUT2D eigenvalue weighted by atomic mass is 9.86. The van der Waals surface area contributed by atoms with Crippen molar-refractivity contribution in [1.82, 2.24) is 10.2 Å². The fraction of sp³-hybridized carbons (Fsp3) is 0.929. The number of rotatable bonds is 2. The van der Waals surface area contributed by atoms with Gasteiger partial charge in [-0.05, 0) is 43.6 Å². The molecule has 0 aromatic rings. The lowest BCUT2D eigenvalue weighted by Crippen LogP contribution is -2.49. The molecule has 2 rings (SSSR count). The number of likely N-dealkylation sites (tertiary alicyclic amines) is 1. The summed E-state index contributed by atoms with van der Waals surface area (Å²) >= 11 is 0. The summed E-state index contributed by atoms with van der Waals surface area (Å²) in [4.78, 5) is 14.4. The van der Waals surface area contributed by atoms with E-state index in [-0.39, 0.29) is 6.04 Å². The van der Waals surface area contributed by atoms with E-state index in [2.05, 4.69) is 31.0 Å². The molecule has 1 N–H and O–H groups in total. The second-order valence-electron chi connectivity index (χ2n) is 6.10. The molecule has 0 aromatic carbocycles. The van der Waals surface area contributed by atoms with E-state index in [0.717, 1.165) is 37.9 Å². The van der Waals surface area contributed by atoms with Crippen LogP contribution in [0, 0.1) is 17.8 Å². The van der Waals surface area contributed by atoms with E-state index >= 15 is 0 Å². The Hall–Kier alpha value is -0.570. The number of hydrogen-bond acceptors (Lipinski definition) is 2. The summed E-state index contributed by atoms with van der Waals surface area (Å²) in [6.07, 6.45) is 3.51. The monoisotopic (exact) mass is 238 g/mol. The molecule has 3 nitrogen and oxygen atoms in total. The number of piperidine rings is 1. The summed E-state index contributed by atoms with van der Waals surface area (Å²) in [5.74, 6) is 2.42. The van der Waals surface area contributed by atoms with Gasteiger partial charge < -0.3 is 10.2 Å². The Kier molecular flexibility index (Phi) is 4.08. The Balaban J connectivity index is 1.86. The molecule has 17 heavy (non-hydrogen) atoms. The van der Waals surface area contributed by atoms with E-state index in [0.29, 0.717) is 11.8 Å². The molecular formula is C14H26N2O. The summed E-state index contributed by atoms with van der Waals surface area (Å²) in [6, 6.07) is 0.0885. The van der Waals surface area contributed by atoms with Gasteiger partial charge in [-0.3, -0.25) is 4.79 Å². The molecule has 0 radical (unpaired) electrons. The minimum Gasteiger partial charge on any atom is -0.341 e. The van der Waals surface area contributed by atoms with Crippen LogP contribution in [0.15, 0.2) is 0 Å². The van der Waals surface area contributed by atoms with Crippen molar-refractivity contribution in [3.05, 3.63) is 0 Å². The van der Waals surface area contributed by atoms with Crippen LogP contribution in [-0.2, 0) is 4.79 Å². The summed E-state index contributed by atoms with van der Waals surface area (Å²) in [6.45, 7) is 9.70. The molecule has 0 spiro atoms. The van der Waals surface area contributed by atoms with Gasteiger partial charge in [-0.25, -0.2) is 0 Å². The summed E-state index contributed by atoms with van der Waals surface area (Å²) in [7, 11) is 0. The average molecular weight is 238 g/mol. The van der Waals surface area contributed by atoms with Gasteiger partial charge in [0.25, 0.3) is 0 Å². The van der Waals surface area contributed by atoms with E-state index in [4.69, 9.17) is 0 Å². The van der Waals surface area contributed by atoms with Gasteiger partial charge >= 0.3 is 0 Å². The minimum atomic E-state index is 0.0885. The quantitative estimate of drug-likeness (QED) is 0.796. The van der Waals surface area contributed by atoms with Gasteiger partial charge in [-0.1, -0.05) is 20.8 Å². The number of amides is 1. The topological polar surface area (TPSA) is 32.3 Å². The summed E-state index contributed by atoms with van der Waals surface area (Å²) < 4.78 is 0. The highest BCUT2D eigenvalue weighted by atomic mass is 16.2. The molecule has 0 aliphatic carbocycles. The molecule has 98 valence electrons. The van der Waals surface area contributed by atoms with Crippen LogP contribution < -0.4 is 5.32 Å². The molecule has 2 heterocycles. The van der Waals surface area contributed by atoms with Crippen LogP contribution in [0.25, 0.3) is 0 Å². The largest absolute Gasteiger partial charge is 0.341 e. The van der Waals surface area contributed by atoms with Crippen LogP contribution in [0.3, 0.4) is 0 Å². The predicted molar refractivity (Wildman–Crippen MR) is 69.7 cm³/mol. The van der Waals surface area contributed by atoms with E-state index in [1.165, 1.54) is 12.8 Å². The Morgan fingerprint density at radius 1 is 1.24 bits per heavy atom. The normalized spacial score (nSPS) is 31.2. The van der Waals surface area contributed by atoms with Crippen molar-refractivity contribution in [1.29, 1.82) is 0 Å². The Morgan fingerprint density at radius 3 is 2.35 bits per heavy atom. The van der Waals surface area contributed by atoms with Gasteiger partial charge in [0.2, 0.25) is 5.91 Å². The zero-order chi connectivity index (χ0) is 12.4. The van der Waals surface area contributed by atoms with Gasteiger partial charge in [0.15, 0.2) is 0 Å². The smallest absolute Gasteiger partial charge is 0.239 e. The predicted octanol–water partition coefficient (Wildman–Crippen LogP) is 1.88. The van der Waals surface area contributed by atoms with Crippen LogP contribution in [0.1, 0.15) is 40.0 Å². The van der Waals surface area contributed by atoms with Crippen molar-refractivity contribution >= 4 is 5.91 Å². The van der Waals surface area contributed by atoms with E-state index < -0.39 is 0 Å². The van der Waals surface area contributed by atoms with Crippen molar-refractivity contribution in [2.45, 2.75) is 46.1 Å². The number of carbonyl (C=O) groups is 1. The summed E-state index contributed by atoms with van der Waals surface area (Å²) in [5, 5.41) is 3.35. The van der Waals surface area contributed by atoms with Gasteiger partial charge in [0.05, 0.1) is 6.04 Å². The molecule has 2 saturated heterocycles. The average Bonchev–Trinajstić information content (AvgIpc) is 2.74. The molecule has 0 saturated carbocycles. The van der Waals surface area contributed by atoms with Crippen LogP contribution >= 0.6 is 0 Å². The molecule has 2 atom stereocenters. The first-order valence-electron chi connectivity index (χ1n) is 7.11. The molecular weight excluding hydrogens is 212 g/mol. The van der Waals surface area contributed by atoms with E-state index in [1.807, 2.05) is 0 Å². The Bertz CT molecular complexity index is 269. The van der Waals surface area contributed by atoms with Crippen molar-refractivity contribution in [2.24, 2.45) is 17.8 Å². The maximum Gasteiger partial charge on any atom is 0.239 e. The van der Waals surface area contributed by atoms with Gasteiger partial charge in [0, 0.05) is 13.1 Å². The minimum absolute atomic E-state index is 0.0885. The summed E-state index contributed by atoms with van der Waals surface area (Å²) in [5.41, 5.74) is 0. The van der Waals surface area contributed by atoms with E-state index in [1.54, 1.807) is 0 Å². The molecule has 0 bridgehead atoms. The van der Waals surface area contributed by atoms with Crippen molar-refractivity contribution in [2.75, 3.05) is 19.6 Å². The maximum absolute atomic E-state index is 12.4. The van der Waals surface area contributed by atoms with E-state index in [9.17, 15) is 4.79 Å². The van der Waals surface area contributed by atoms with Crippen molar-refractivity contribution < 1.29 is 4.79 Å². The molecule has 1 amide bonds. The number of nitrogens with zero attached hydrogens (tertiary/aromatic N) is 1. The standard InChI is InChI=1S/C14H26N2O/c1-10(2)12-5-8-16(9-6-12)14(17)13-11(3)4-7-15-13/h10-13,15H,4-9H2,1-3H3. The third-order valence-corrected chi connectivity index (χ3v) is 4.59. The molecule has 0 aromatic heterocycles. The number of hydrogen-bond donors (Lipinski definition) is 1. The number of carbonyl (C=O) groups excluding carboxylic acids is 1. The van der Waals surface area contributed by atoms with Gasteiger partial charge in [0.1, 0.15) is 0 Å². The third kappa shape index (κ3) is 2.82. The fourth-order valence-corrected chi connectivity index (χ4v) is 3.15. The number of nitrogens with one attached hydrogen (secondary N) is 1. The molecule has 2 fully saturated rings. The van der Waals surface area contributed by atoms with Crippen LogP contribution in [-0.4, -0.2) is 36.5 Å². The first kappa shape index (κ1) is 12.9. The Labute approximate surface area is 105 Å². The third-order valence-electron chi connectivity index (χ3n) is 4.59. The first-order chi connectivity index (χ1) is 8.09. The highest BCUT2D eigenvalue weighted by molar-refractivity contribution is 5.82. The second-order valence-corrected chi connectivity index (χ2v) is 6.10. The van der Waals surface area contributed by atoms with Crippen LogP contribution in [0.2, 0.25) is 0 Å². The highest BCUT2D eigenvalue weighted by Crippen LogP contribution is 2.26. The lowest BCUT2D eigenvalue weighted by Gasteiger charge is -2.35. The SMILES string of the molecule is CC(C)C1CCN(C(=O)C2NCCC2C)CC1. The molecule has 3 heteroatoms.